The van der Waals surface area contributed by atoms with Crippen LogP contribution in [0.1, 0.15) is 18.9 Å². The number of carbonyl (C=O) groups is 2. The Morgan fingerprint density at radius 2 is 1.70 bits per heavy atom. The molecule has 0 bridgehead atoms. The summed E-state index contributed by atoms with van der Waals surface area (Å²) in [4.78, 5) is 27.7. The van der Waals surface area contributed by atoms with Crippen LogP contribution in [-0.4, -0.2) is 61.7 Å². The van der Waals surface area contributed by atoms with Crippen molar-refractivity contribution in [3.05, 3.63) is 29.8 Å². The van der Waals surface area contributed by atoms with E-state index in [1.54, 1.807) is 18.9 Å². The first-order chi connectivity index (χ1) is 11.1. The van der Waals surface area contributed by atoms with Gasteiger partial charge in [-0.05, 0) is 31.0 Å². The number of carbonyl (C=O) groups excluding carboxylic acids is 2. The van der Waals surface area contributed by atoms with E-state index < -0.39 is 0 Å². The van der Waals surface area contributed by atoms with Crippen molar-refractivity contribution in [2.75, 3.05) is 39.9 Å². The second-order valence-electron chi connectivity index (χ2n) is 5.45. The van der Waals surface area contributed by atoms with E-state index in [-0.39, 0.29) is 12.0 Å². The van der Waals surface area contributed by atoms with E-state index in [1.807, 2.05) is 29.2 Å². The molecule has 2 amide bonds. The zero-order valence-corrected chi connectivity index (χ0v) is 13.8. The maximum absolute atomic E-state index is 12.4. The predicted octanol–water partition coefficient (Wildman–Crippen LogP) is 1.93. The van der Waals surface area contributed by atoms with Crippen LogP contribution < -0.4 is 4.74 Å². The van der Waals surface area contributed by atoms with E-state index >= 15 is 0 Å². The molecule has 1 aliphatic heterocycles. The molecule has 1 aromatic rings. The molecule has 0 spiro atoms. The fraction of sp³-hybridized carbons (Fsp3) is 0.529. The second-order valence-corrected chi connectivity index (χ2v) is 5.45. The lowest BCUT2D eigenvalue weighted by Gasteiger charge is -2.21. The van der Waals surface area contributed by atoms with Crippen LogP contribution in [0.25, 0.3) is 0 Å². The maximum atomic E-state index is 12.4. The first-order valence-corrected chi connectivity index (χ1v) is 7.96. The van der Waals surface area contributed by atoms with Gasteiger partial charge in [0, 0.05) is 26.2 Å². The van der Waals surface area contributed by atoms with Crippen molar-refractivity contribution < 1.29 is 19.1 Å². The van der Waals surface area contributed by atoms with Gasteiger partial charge in [-0.25, -0.2) is 4.79 Å². The minimum Gasteiger partial charge on any atom is -0.497 e. The van der Waals surface area contributed by atoms with Crippen LogP contribution in [0.5, 0.6) is 5.75 Å². The smallest absolute Gasteiger partial charge is 0.409 e. The molecule has 6 nitrogen and oxygen atoms in total. The molecule has 2 rings (SSSR count). The topological polar surface area (TPSA) is 59.1 Å². The number of benzene rings is 1. The highest BCUT2D eigenvalue weighted by atomic mass is 16.6. The van der Waals surface area contributed by atoms with Gasteiger partial charge >= 0.3 is 6.09 Å². The summed E-state index contributed by atoms with van der Waals surface area (Å²) < 4.78 is 10.1. The third-order valence-corrected chi connectivity index (χ3v) is 3.89. The molecular formula is C17H24N2O4. The molecule has 0 radical (unpaired) electrons. The lowest BCUT2D eigenvalue weighted by molar-refractivity contribution is -0.130. The number of ether oxygens (including phenoxy) is 2. The first-order valence-electron chi connectivity index (χ1n) is 7.96. The summed E-state index contributed by atoms with van der Waals surface area (Å²) in [5, 5.41) is 0. The average molecular weight is 320 g/mol. The Morgan fingerprint density at radius 1 is 1.04 bits per heavy atom. The van der Waals surface area contributed by atoms with Crippen LogP contribution in [0.2, 0.25) is 0 Å². The summed E-state index contributed by atoms with van der Waals surface area (Å²) in [7, 11) is 1.62. The highest BCUT2D eigenvalue weighted by Gasteiger charge is 2.22. The number of rotatable bonds is 4. The minimum atomic E-state index is -0.294. The number of hydrogen-bond donors (Lipinski definition) is 0. The molecule has 0 unspecified atom stereocenters. The molecule has 1 saturated heterocycles. The third kappa shape index (κ3) is 4.87. The van der Waals surface area contributed by atoms with Gasteiger partial charge in [-0.15, -0.1) is 0 Å². The maximum Gasteiger partial charge on any atom is 0.409 e. The van der Waals surface area contributed by atoms with E-state index in [9.17, 15) is 9.59 Å². The molecule has 1 heterocycles. The Bertz CT molecular complexity index is 530. The zero-order valence-electron chi connectivity index (χ0n) is 13.8. The highest BCUT2D eigenvalue weighted by molar-refractivity contribution is 5.79. The van der Waals surface area contributed by atoms with Crippen molar-refractivity contribution in [3.8, 4) is 5.75 Å². The number of amides is 2. The van der Waals surface area contributed by atoms with Gasteiger partial charge < -0.3 is 19.3 Å². The summed E-state index contributed by atoms with van der Waals surface area (Å²) in [6.07, 6.45) is 0.841. The molecule has 0 atom stereocenters. The zero-order chi connectivity index (χ0) is 16.7. The fourth-order valence-electron chi connectivity index (χ4n) is 2.59. The minimum absolute atomic E-state index is 0.0841. The normalized spacial score (nSPS) is 15.0. The lowest BCUT2D eigenvalue weighted by atomic mass is 10.1. The number of hydrogen-bond acceptors (Lipinski definition) is 4. The van der Waals surface area contributed by atoms with E-state index in [0.717, 1.165) is 17.7 Å². The summed E-state index contributed by atoms with van der Waals surface area (Å²) in [6, 6.07) is 7.51. The van der Waals surface area contributed by atoms with Crippen molar-refractivity contribution >= 4 is 12.0 Å². The molecule has 23 heavy (non-hydrogen) atoms. The van der Waals surface area contributed by atoms with Gasteiger partial charge in [-0.2, -0.15) is 0 Å². The van der Waals surface area contributed by atoms with Crippen LogP contribution in [0.4, 0.5) is 4.79 Å². The third-order valence-electron chi connectivity index (χ3n) is 3.89. The molecule has 0 aromatic heterocycles. The summed E-state index contributed by atoms with van der Waals surface area (Å²) in [6.45, 7) is 4.53. The Labute approximate surface area is 137 Å². The van der Waals surface area contributed by atoms with E-state index in [4.69, 9.17) is 9.47 Å². The Kier molecular flexibility index (Phi) is 6.26. The monoisotopic (exact) mass is 320 g/mol. The van der Waals surface area contributed by atoms with Gasteiger partial charge in [0.05, 0.1) is 20.1 Å². The van der Waals surface area contributed by atoms with E-state index in [0.29, 0.717) is 39.2 Å². The quantitative estimate of drug-likeness (QED) is 0.850. The van der Waals surface area contributed by atoms with Gasteiger partial charge in [0.1, 0.15) is 5.75 Å². The van der Waals surface area contributed by atoms with Crippen molar-refractivity contribution in [2.45, 2.75) is 19.8 Å². The SMILES string of the molecule is CCOC(=O)N1CCCN(C(=O)Cc2ccc(OC)cc2)CC1. The van der Waals surface area contributed by atoms with Gasteiger partial charge in [-0.3, -0.25) is 4.79 Å². The Hall–Kier alpha value is -2.24. The van der Waals surface area contributed by atoms with Crippen LogP contribution in [0.15, 0.2) is 24.3 Å². The molecular weight excluding hydrogens is 296 g/mol. The number of methoxy groups -OCH3 is 1. The Morgan fingerprint density at radius 3 is 2.35 bits per heavy atom. The molecule has 1 aromatic carbocycles. The van der Waals surface area contributed by atoms with Crippen LogP contribution in [-0.2, 0) is 16.0 Å². The van der Waals surface area contributed by atoms with Gasteiger partial charge in [0.15, 0.2) is 0 Å². The van der Waals surface area contributed by atoms with Crippen molar-refractivity contribution in [2.24, 2.45) is 0 Å². The summed E-state index contributed by atoms with van der Waals surface area (Å²) in [5.74, 6) is 0.863. The van der Waals surface area contributed by atoms with E-state index in [1.165, 1.54) is 0 Å². The molecule has 0 aliphatic carbocycles. The predicted molar refractivity (Wildman–Crippen MR) is 86.5 cm³/mol. The van der Waals surface area contributed by atoms with Crippen LogP contribution in [0.3, 0.4) is 0 Å². The van der Waals surface area contributed by atoms with Gasteiger partial charge in [0.2, 0.25) is 5.91 Å². The highest BCUT2D eigenvalue weighted by Crippen LogP contribution is 2.13. The molecule has 1 fully saturated rings. The molecule has 0 N–H and O–H groups in total. The Balaban J connectivity index is 1.88. The van der Waals surface area contributed by atoms with Gasteiger partial charge in [-0.1, -0.05) is 12.1 Å². The fourth-order valence-corrected chi connectivity index (χ4v) is 2.59. The summed E-state index contributed by atoms with van der Waals surface area (Å²) in [5.41, 5.74) is 0.960. The van der Waals surface area contributed by atoms with Crippen molar-refractivity contribution in [1.82, 2.24) is 9.80 Å². The van der Waals surface area contributed by atoms with Crippen LogP contribution >= 0.6 is 0 Å². The van der Waals surface area contributed by atoms with Crippen molar-refractivity contribution in [1.29, 1.82) is 0 Å². The number of nitrogens with zero attached hydrogens (tertiary/aromatic N) is 2. The van der Waals surface area contributed by atoms with Gasteiger partial charge in [0.25, 0.3) is 0 Å². The average Bonchev–Trinajstić information content (AvgIpc) is 2.82. The van der Waals surface area contributed by atoms with E-state index in [2.05, 4.69) is 0 Å². The largest absolute Gasteiger partial charge is 0.497 e. The molecule has 6 heteroatoms. The standard InChI is InChI=1S/C17H24N2O4/c1-3-23-17(21)19-10-4-9-18(11-12-19)16(20)13-14-5-7-15(22-2)8-6-14/h5-8H,3-4,9-13H2,1-2H3. The molecule has 1 aliphatic rings. The summed E-state index contributed by atoms with van der Waals surface area (Å²) >= 11 is 0. The lowest BCUT2D eigenvalue weighted by Crippen LogP contribution is -2.38. The molecule has 126 valence electrons. The van der Waals surface area contributed by atoms with Crippen LogP contribution in [0, 0.1) is 0 Å². The van der Waals surface area contributed by atoms with Crippen molar-refractivity contribution in [3.63, 3.8) is 0 Å². The second kappa shape index (κ2) is 8.41. The molecule has 0 saturated carbocycles. The first kappa shape index (κ1) is 17.1.